The minimum atomic E-state index is 0.0518. The first-order valence-corrected chi connectivity index (χ1v) is 7.16. The van der Waals surface area contributed by atoms with Crippen LogP contribution in [0.3, 0.4) is 0 Å². The van der Waals surface area contributed by atoms with Crippen molar-refractivity contribution in [3.05, 3.63) is 77.4 Å². The molecule has 1 heteroatoms. The lowest BCUT2D eigenvalue weighted by Gasteiger charge is -2.04. The normalized spacial score (nSPS) is 10.8. The lowest BCUT2D eigenvalue weighted by molar-refractivity contribution is 0.104. The molecule has 2 rings (SSSR count). The van der Waals surface area contributed by atoms with Crippen LogP contribution < -0.4 is 0 Å². The molecule has 0 aliphatic heterocycles. The molecule has 0 spiro atoms. The van der Waals surface area contributed by atoms with Crippen molar-refractivity contribution in [1.82, 2.24) is 0 Å². The molecule has 0 aromatic heterocycles. The quantitative estimate of drug-likeness (QED) is 0.534. The van der Waals surface area contributed by atoms with Crippen LogP contribution in [0.4, 0.5) is 0 Å². The molecule has 20 heavy (non-hydrogen) atoms. The van der Waals surface area contributed by atoms with Crippen LogP contribution >= 0.6 is 0 Å². The molecule has 1 nitrogen and oxygen atoms in total. The third-order valence-electron chi connectivity index (χ3n) is 3.33. The van der Waals surface area contributed by atoms with Crippen LogP contribution in [0.25, 0.3) is 6.08 Å². The van der Waals surface area contributed by atoms with Gasteiger partial charge in [-0.05, 0) is 30.0 Å². The van der Waals surface area contributed by atoms with Gasteiger partial charge in [-0.25, -0.2) is 0 Å². The minimum Gasteiger partial charge on any atom is -0.289 e. The third-order valence-corrected chi connectivity index (χ3v) is 3.33. The van der Waals surface area contributed by atoms with E-state index < -0.39 is 0 Å². The maximum atomic E-state index is 12.1. The molecule has 0 atom stereocenters. The Morgan fingerprint density at radius 2 is 1.70 bits per heavy atom. The number of hydrogen-bond acceptors (Lipinski definition) is 1. The lowest BCUT2D eigenvalue weighted by Crippen LogP contribution is -1.94. The molecule has 102 valence electrons. The summed E-state index contributed by atoms with van der Waals surface area (Å²) in [6.07, 6.45) is 7.02. The van der Waals surface area contributed by atoms with Gasteiger partial charge in [-0.1, -0.05) is 74.0 Å². The van der Waals surface area contributed by atoms with Crippen molar-refractivity contribution in [2.24, 2.45) is 0 Å². The summed E-state index contributed by atoms with van der Waals surface area (Å²) >= 11 is 0. The summed E-state index contributed by atoms with van der Waals surface area (Å²) in [6.45, 7) is 2.19. The third kappa shape index (κ3) is 3.92. The first-order chi connectivity index (χ1) is 9.81. The highest BCUT2D eigenvalue weighted by molar-refractivity contribution is 6.06. The Bertz CT molecular complexity index is 582. The van der Waals surface area contributed by atoms with Crippen LogP contribution in [0.15, 0.2) is 60.7 Å². The Morgan fingerprint density at radius 1 is 1.00 bits per heavy atom. The largest absolute Gasteiger partial charge is 0.289 e. The molecule has 0 aliphatic rings. The van der Waals surface area contributed by atoms with Gasteiger partial charge in [-0.15, -0.1) is 0 Å². The fourth-order valence-electron chi connectivity index (χ4n) is 2.16. The smallest absolute Gasteiger partial charge is 0.185 e. The average molecular weight is 264 g/mol. The van der Waals surface area contributed by atoms with Crippen molar-refractivity contribution in [3.8, 4) is 0 Å². The topological polar surface area (TPSA) is 17.1 Å². The average Bonchev–Trinajstić information content (AvgIpc) is 2.52. The highest BCUT2D eigenvalue weighted by Gasteiger charge is 2.01. The van der Waals surface area contributed by atoms with E-state index >= 15 is 0 Å². The Balaban J connectivity index is 2.13. The zero-order valence-corrected chi connectivity index (χ0v) is 11.9. The van der Waals surface area contributed by atoms with E-state index in [0.29, 0.717) is 0 Å². The van der Waals surface area contributed by atoms with Gasteiger partial charge in [0.05, 0.1) is 0 Å². The molecule has 2 aromatic carbocycles. The van der Waals surface area contributed by atoms with Gasteiger partial charge in [0.25, 0.3) is 0 Å². The Labute approximate surface area is 121 Å². The molecule has 0 bridgehead atoms. The van der Waals surface area contributed by atoms with Crippen LogP contribution in [0.5, 0.6) is 0 Å². The number of benzene rings is 2. The molecule has 0 aliphatic carbocycles. The summed E-state index contributed by atoms with van der Waals surface area (Å²) in [4.78, 5) is 12.1. The van der Waals surface area contributed by atoms with Crippen LogP contribution in [0.2, 0.25) is 0 Å². The van der Waals surface area contributed by atoms with Crippen LogP contribution in [0.1, 0.15) is 41.3 Å². The SMILES string of the molecule is CCCCc1ccccc1C=CC(=O)c1ccccc1. The molecular formula is C19H20O. The number of carbonyl (C=O) groups is 1. The fourth-order valence-corrected chi connectivity index (χ4v) is 2.16. The van der Waals surface area contributed by atoms with Crippen LogP contribution in [-0.4, -0.2) is 5.78 Å². The molecule has 0 amide bonds. The van der Waals surface area contributed by atoms with Gasteiger partial charge < -0.3 is 0 Å². The Morgan fingerprint density at radius 3 is 2.45 bits per heavy atom. The maximum Gasteiger partial charge on any atom is 0.185 e. The molecule has 0 N–H and O–H groups in total. The zero-order chi connectivity index (χ0) is 14.2. The predicted octanol–water partition coefficient (Wildman–Crippen LogP) is 4.93. The number of unbranched alkanes of at least 4 members (excludes halogenated alkanes) is 1. The van der Waals surface area contributed by atoms with Crippen LogP contribution in [0, 0.1) is 0 Å². The summed E-state index contributed by atoms with van der Waals surface area (Å²) in [5.41, 5.74) is 3.19. The van der Waals surface area contributed by atoms with E-state index in [-0.39, 0.29) is 5.78 Å². The summed E-state index contributed by atoms with van der Waals surface area (Å²) in [6, 6.07) is 17.7. The second-order valence-electron chi connectivity index (χ2n) is 4.87. The van der Waals surface area contributed by atoms with E-state index in [9.17, 15) is 4.79 Å². The first-order valence-electron chi connectivity index (χ1n) is 7.16. The van der Waals surface area contributed by atoms with Crippen molar-refractivity contribution in [1.29, 1.82) is 0 Å². The van der Waals surface area contributed by atoms with Gasteiger partial charge in [0.2, 0.25) is 0 Å². The van der Waals surface area contributed by atoms with E-state index in [1.54, 1.807) is 6.08 Å². The van der Waals surface area contributed by atoms with Gasteiger partial charge in [-0.3, -0.25) is 4.79 Å². The molecule has 2 aromatic rings. The second-order valence-corrected chi connectivity index (χ2v) is 4.87. The van der Waals surface area contributed by atoms with Gasteiger partial charge in [0, 0.05) is 5.56 Å². The lowest BCUT2D eigenvalue weighted by atomic mass is 10.0. The van der Waals surface area contributed by atoms with Gasteiger partial charge in [0.15, 0.2) is 5.78 Å². The highest BCUT2D eigenvalue weighted by Crippen LogP contribution is 2.14. The van der Waals surface area contributed by atoms with E-state index in [1.165, 1.54) is 18.4 Å². The fraction of sp³-hybridized carbons (Fsp3) is 0.211. The Hall–Kier alpha value is -2.15. The van der Waals surface area contributed by atoms with Crippen LogP contribution in [-0.2, 0) is 6.42 Å². The van der Waals surface area contributed by atoms with E-state index in [4.69, 9.17) is 0 Å². The number of rotatable bonds is 6. The predicted molar refractivity (Wildman–Crippen MR) is 84.9 cm³/mol. The van der Waals surface area contributed by atoms with Crippen molar-refractivity contribution in [2.45, 2.75) is 26.2 Å². The number of carbonyl (C=O) groups excluding carboxylic acids is 1. The van der Waals surface area contributed by atoms with Crippen molar-refractivity contribution in [3.63, 3.8) is 0 Å². The number of aryl methyl sites for hydroxylation is 1. The molecule has 0 heterocycles. The van der Waals surface area contributed by atoms with Crippen molar-refractivity contribution < 1.29 is 4.79 Å². The highest BCUT2D eigenvalue weighted by atomic mass is 16.1. The molecule has 0 fully saturated rings. The first kappa shape index (κ1) is 14.3. The van der Waals surface area contributed by atoms with Crippen molar-refractivity contribution >= 4 is 11.9 Å². The standard InChI is InChI=1S/C19H20O/c1-2-3-9-16-10-7-8-11-17(16)14-15-19(20)18-12-5-4-6-13-18/h4-8,10-15H,2-3,9H2,1H3. The van der Waals surface area contributed by atoms with Gasteiger partial charge in [-0.2, -0.15) is 0 Å². The monoisotopic (exact) mass is 264 g/mol. The maximum absolute atomic E-state index is 12.1. The van der Waals surface area contributed by atoms with Crippen molar-refractivity contribution in [2.75, 3.05) is 0 Å². The Kier molecular flexibility index (Phi) is 5.31. The molecular weight excluding hydrogens is 244 g/mol. The summed E-state index contributed by atoms with van der Waals surface area (Å²) in [5, 5.41) is 0. The van der Waals surface area contributed by atoms with E-state index in [2.05, 4.69) is 25.1 Å². The zero-order valence-electron chi connectivity index (χ0n) is 11.9. The van der Waals surface area contributed by atoms with E-state index in [1.807, 2.05) is 42.5 Å². The number of allylic oxidation sites excluding steroid dienone is 1. The number of hydrogen-bond donors (Lipinski definition) is 0. The van der Waals surface area contributed by atoms with Gasteiger partial charge in [0.1, 0.15) is 0 Å². The van der Waals surface area contributed by atoms with Gasteiger partial charge >= 0.3 is 0 Å². The molecule has 0 saturated carbocycles. The van der Waals surface area contributed by atoms with E-state index in [0.717, 1.165) is 17.5 Å². The molecule has 0 unspecified atom stereocenters. The number of ketones is 1. The summed E-state index contributed by atoms with van der Waals surface area (Å²) in [7, 11) is 0. The minimum absolute atomic E-state index is 0.0518. The molecule has 0 saturated heterocycles. The summed E-state index contributed by atoms with van der Waals surface area (Å²) < 4.78 is 0. The second kappa shape index (κ2) is 7.44. The molecule has 0 radical (unpaired) electrons. The summed E-state index contributed by atoms with van der Waals surface area (Å²) in [5.74, 6) is 0.0518.